The van der Waals surface area contributed by atoms with Crippen LogP contribution in [0, 0.1) is 5.82 Å². The predicted octanol–water partition coefficient (Wildman–Crippen LogP) is 6.02. The van der Waals surface area contributed by atoms with E-state index in [0.29, 0.717) is 48.0 Å². The number of carbonyl (C=O) groups is 1. The molecule has 4 aromatic carbocycles. The van der Waals surface area contributed by atoms with E-state index in [-0.39, 0.29) is 35.4 Å². The van der Waals surface area contributed by atoms with Gasteiger partial charge in [-0.1, -0.05) is 58.4 Å². The van der Waals surface area contributed by atoms with Gasteiger partial charge in [-0.2, -0.15) is 11.8 Å². The Kier molecular flexibility index (Phi) is 12.9. The zero-order chi connectivity index (χ0) is 34.7. The van der Waals surface area contributed by atoms with Crippen LogP contribution in [0.2, 0.25) is 0 Å². The molecule has 4 aromatic rings. The first-order valence-corrected chi connectivity index (χ1v) is 19.3. The molecule has 1 aliphatic rings. The number of nitrogens with one attached hydrogen (secondary N) is 2. The van der Waals surface area contributed by atoms with Crippen LogP contribution < -0.4 is 15.6 Å². The molecule has 0 bridgehead atoms. The minimum atomic E-state index is -3.79. The summed E-state index contributed by atoms with van der Waals surface area (Å²) < 4.78 is 53.2. The summed E-state index contributed by atoms with van der Waals surface area (Å²) in [7, 11) is -3.79. The summed E-state index contributed by atoms with van der Waals surface area (Å²) in [4.78, 5) is 19.3. The van der Waals surface area contributed by atoms with Gasteiger partial charge in [0.1, 0.15) is 11.6 Å². The maximum atomic E-state index is 14.3. The van der Waals surface area contributed by atoms with Crippen molar-refractivity contribution in [3.63, 3.8) is 0 Å². The van der Waals surface area contributed by atoms with Gasteiger partial charge in [-0.05, 0) is 71.8 Å². The zero-order valence-electron chi connectivity index (χ0n) is 26.6. The lowest BCUT2D eigenvalue weighted by atomic mass is 9.85. The molecule has 13 heteroatoms. The lowest BCUT2D eigenvalue weighted by Crippen LogP contribution is -2.53. The summed E-state index contributed by atoms with van der Waals surface area (Å²) >= 11 is 5.08. The monoisotopic (exact) mass is 769 g/mol. The number of hydrogen-bond donors (Lipinski definition) is 3. The Labute approximate surface area is 298 Å². The second kappa shape index (κ2) is 17.3. The molecule has 258 valence electrons. The highest BCUT2D eigenvalue weighted by molar-refractivity contribution is 9.10. The van der Waals surface area contributed by atoms with E-state index in [4.69, 9.17) is 19.6 Å². The number of ether oxygens (including phenoxy) is 2. The van der Waals surface area contributed by atoms with Crippen LogP contribution in [0.3, 0.4) is 0 Å². The minimum Gasteiger partial charge on any atom is -0.494 e. The number of aliphatic imine (C=N–C) groups is 1. The number of aliphatic hydroxyl groups excluding tert-OH is 1. The standard InChI is InChI=1S/C36H37BrFN3O6S2/c37-29-13-9-27(10-14-29)33-36(19-24-49(44,45)32-5-2-1-3-6-32,35(43)41-39-20-23-48-25-26-7-15-30(38)16-8-26)40-34(47-33)28-11-17-31(18-12-28)46-22-4-21-42/h1-3,5-18,33,39,42H,4,19-25H2,(H,41,43)/t33-,36-/m0/s1. The number of aliphatic hydroxyl groups is 1. The highest BCUT2D eigenvalue weighted by Gasteiger charge is 2.53. The molecule has 1 amide bonds. The van der Waals surface area contributed by atoms with E-state index in [1.807, 2.05) is 24.3 Å². The highest BCUT2D eigenvalue weighted by Crippen LogP contribution is 2.43. The molecule has 1 heterocycles. The first-order valence-electron chi connectivity index (χ1n) is 15.7. The Balaban J connectivity index is 1.40. The van der Waals surface area contributed by atoms with Crippen molar-refractivity contribution in [3.05, 3.63) is 130 Å². The lowest BCUT2D eigenvalue weighted by molar-refractivity contribution is -0.130. The van der Waals surface area contributed by atoms with Crippen LogP contribution in [0.25, 0.3) is 0 Å². The molecule has 0 aromatic heterocycles. The van der Waals surface area contributed by atoms with Gasteiger partial charge in [-0.25, -0.2) is 23.2 Å². The number of amides is 1. The Morgan fingerprint density at radius 1 is 1.00 bits per heavy atom. The van der Waals surface area contributed by atoms with E-state index in [0.717, 1.165) is 10.0 Å². The molecule has 0 unspecified atom stereocenters. The minimum absolute atomic E-state index is 0.0218. The maximum Gasteiger partial charge on any atom is 0.266 e. The Bertz CT molecular complexity index is 1810. The van der Waals surface area contributed by atoms with Crippen molar-refractivity contribution in [3.8, 4) is 5.75 Å². The molecule has 9 nitrogen and oxygen atoms in total. The molecular formula is C36H37BrFN3O6S2. The number of halogens is 2. The first kappa shape index (κ1) is 36.5. The molecule has 0 fully saturated rings. The summed E-state index contributed by atoms with van der Waals surface area (Å²) in [5.41, 5.74) is 6.33. The lowest BCUT2D eigenvalue weighted by Gasteiger charge is -2.30. The number of thioether (sulfide) groups is 1. The zero-order valence-corrected chi connectivity index (χ0v) is 29.8. The number of hydrazine groups is 1. The fourth-order valence-electron chi connectivity index (χ4n) is 5.19. The third-order valence-electron chi connectivity index (χ3n) is 7.81. The molecule has 0 spiro atoms. The Morgan fingerprint density at radius 2 is 1.71 bits per heavy atom. The van der Waals surface area contributed by atoms with Gasteiger partial charge in [-0.3, -0.25) is 10.2 Å². The third kappa shape index (κ3) is 9.70. The number of rotatable bonds is 17. The number of hydrogen-bond acceptors (Lipinski definition) is 9. The van der Waals surface area contributed by atoms with E-state index in [9.17, 15) is 17.6 Å². The summed E-state index contributed by atoms with van der Waals surface area (Å²) in [6.07, 6.45) is -0.614. The van der Waals surface area contributed by atoms with Crippen LogP contribution in [0.4, 0.5) is 4.39 Å². The van der Waals surface area contributed by atoms with Gasteiger partial charge in [0.05, 0.1) is 17.3 Å². The van der Waals surface area contributed by atoms with Crippen LogP contribution >= 0.6 is 27.7 Å². The van der Waals surface area contributed by atoms with E-state index in [1.165, 1.54) is 24.3 Å². The molecule has 2 atom stereocenters. The van der Waals surface area contributed by atoms with Crippen molar-refractivity contribution < 1.29 is 32.2 Å². The summed E-state index contributed by atoms with van der Waals surface area (Å²) in [5, 5.41) is 9.06. The quantitative estimate of drug-likeness (QED) is 0.0880. The van der Waals surface area contributed by atoms with Gasteiger partial charge < -0.3 is 14.6 Å². The van der Waals surface area contributed by atoms with Crippen molar-refractivity contribution in [1.29, 1.82) is 0 Å². The molecule has 0 saturated heterocycles. The van der Waals surface area contributed by atoms with E-state index < -0.39 is 27.4 Å². The number of sulfone groups is 1. The van der Waals surface area contributed by atoms with Crippen LogP contribution in [0.15, 0.2) is 117 Å². The number of nitrogens with zero attached hydrogens (tertiary/aromatic N) is 1. The van der Waals surface area contributed by atoms with Gasteiger partial charge in [-0.15, -0.1) is 0 Å². The van der Waals surface area contributed by atoms with Crippen molar-refractivity contribution >= 4 is 49.3 Å². The fraction of sp³-hybridized carbons (Fsp3) is 0.278. The number of benzene rings is 4. The third-order valence-corrected chi connectivity index (χ3v) is 11.1. The molecule has 3 N–H and O–H groups in total. The smallest absolute Gasteiger partial charge is 0.266 e. The Morgan fingerprint density at radius 3 is 2.41 bits per heavy atom. The second-order valence-corrected chi connectivity index (χ2v) is 15.4. The topological polar surface area (TPSA) is 126 Å². The van der Waals surface area contributed by atoms with Crippen LogP contribution in [-0.2, 0) is 25.1 Å². The fourth-order valence-corrected chi connectivity index (χ4v) is 7.66. The molecular weight excluding hydrogens is 733 g/mol. The predicted molar refractivity (Wildman–Crippen MR) is 193 cm³/mol. The second-order valence-electron chi connectivity index (χ2n) is 11.3. The molecule has 0 radical (unpaired) electrons. The number of carbonyl (C=O) groups excluding carboxylic acids is 1. The molecule has 5 rings (SSSR count). The van der Waals surface area contributed by atoms with Gasteiger partial charge in [0.15, 0.2) is 21.5 Å². The molecule has 49 heavy (non-hydrogen) atoms. The van der Waals surface area contributed by atoms with Crippen molar-refractivity contribution in [2.45, 2.75) is 35.1 Å². The average Bonchev–Trinajstić information content (AvgIpc) is 3.52. The summed E-state index contributed by atoms with van der Waals surface area (Å²) in [6, 6.07) is 28.8. The van der Waals surface area contributed by atoms with Gasteiger partial charge in [0.25, 0.3) is 5.91 Å². The van der Waals surface area contributed by atoms with E-state index in [2.05, 4.69) is 26.8 Å². The molecule has 1 aliphatic heterocycles. The van der Waals surface area contributed by atoms with Crippen molar-refractivity contribution in [2.24, 2.45) is 4.99 Å². The van der Waals surface area contributed by atoms with Crippen molar-refractivity contribution in [1.82, 2.24) is 10.9 Å². The van der Waals surface area contributed by atoms with Crippen molar-refractivity contribution in [2.75, 3.05) is 31.3 Å². The molecule has 0 aliphatic carbocycles. The van der Waals surface area contributed by atoms with Gasteiger partial charge in [0.2, 0.25) is 5.90 Å². The van der Waals surface area contributed by atoms with Gasteiger partial charge >= 0.3 is 0 Å². The maximum absolute atomic E-state index is 14.3. The average molecular weight is 771 g/mol. The summed E-state index contributed by atoms with van der Waals surface area (Å²) in [5.74, 6) is 0.925. The summed E-state index contributed by atoms with van der Waals surface area (Å²) in [6.45, 7) is 0.790. The van der Waals surface area contributed by atoms with Crippen LogP contribution in [0.5, 0.6) is 5.75 Å². The van der Waals surface area contributed by atoms with E-state index in [1.54, 1.807) is 66.4 Å². The largest absolute Gasteiger partial charge is 0.494 e. The SMILES string of the molecule is O=C(NNCCSCc1ccc(F)cc1)[C@@]1(CCS(=O)(=O)c2ccccc2)N=C(c2ccc(OCCCO)cc2)O[C@H]1c1ccc(Br)cc1. The first-order chi connectivity index (χ1) is 23.7. The molecule has 0 saturated carbocycles. The van der Waals surface area contributed by atoms with E-state index >= 15 is 0 Å². The van der Waals surface area contributed by atoms with Crippen LogP contribution in [-0.4, -0.2) is 62.1 Å². The normalized spacial score (nSPS) is 17.3. The highest BCUT2D eigenvalue weighted by atomic mass is 79.9. The van der Waals surface area contributed by atoms with Crippen LogP contribution in [0.1, 0.15) is 35.6 Å². The van der Waals surface area contributed by atoms with Gasteiger partial charge in [0, 0.05) is 47.5 Å². The Hall–Kier alpha value is -3.75.